The Balaban J connectivity index is 2.12. The van der Waals surface area contributed by atoms with Crippen LogP contribution in [0, 0.1) is 11.3 Å². The lowest BCUT2D eigenvalue weighted by Gasteiger charge is -2.40. The molecule has 0 aromatic heterocycles. The van der Waals surface area contributed by atoms with Gasteiger partial charge in [0.2, 0.25) is 0 Å². The van der Waals surface area contributed by atoms with E-state index in [1.165, 1.54) is 0 Å². The Morgan fingerprint density at radius 2 is 2.18 bits per heavy atom. The number of hydrogen-bond acceptors (Lipinski definition) is 3. The zero-order valence-corrected chi connectivity index (χ0v) is 10.6. The molecule has 0 bridgehead atoms. The monoisotopic (exact) mass is 238 g/mol. The van der Waals surface area contributed by atoms with Gasteiger partial charge in [-0.1, -0.05) is 6.08 Å². The quantitative estimate of drug-likeness (QED) is 0.742. The third-order valence-electron chi connectivity index (χ3n) is 4.39. The van der Waals surface area contributed by atoms with Crippen LogP contribution in [-0.2, 0) is 4.79 Å². The highest BCUT2D eigenvalue weighted by Gasteiger charge is 2.50. The number of aliphatic carboxylic acids is 1. The van der Waals surface area contributed by atoms with Crippen LogP contribution < -0.4 is 0 Å². The maximum atomic E-state index is 11.4. The topological polar surface area (TPSA) is 43.8 Å². The van der Waals surface area contributed by atoms with E-state index in [0.29, 0.717) is 6.54 Å². The molecule has 0 aliphatic carbocycles. The van der Waals surface area contributed by atoms with Crippen molar-refractivity contribution >= 4 is 5.97 Å². The van der Waals surface area contributed by atoms with E-state index >= 15 is 0 Å². The molecule has 0 radical (unpaired) electrons. The fourth-order valence-corrected chi connectivity index (χ4v) is 3.30. The van der Waals surface area contributed by atoms with Crippen molar-refractivity contribution in [3.05, 3.63) is 12.7 Å². The molecule has 2 heterocycles. The molecule has 17 heavy (non-hydrogen) atoms. The number of rotatable bonds is 3. The van der Waals surface area contributed by atoms with E-state index < -0.39 is 5.97 Å². The Morgan fingerprint density at radius 3 is 2.71 bits per heavy atom. The van der Waals surface area contributed by atoms with E-state index in [2.05, 4.69) is 23.4 Å². The molecule has 1 unspecified atom stereocenters. The van der Waals surface area contributed by atoms with Gasteiger partial charge in [0.05, 0.1) is 5.92 Å². The largest absolute Gasteiger partial charge is 0.481 e. The van der Waals surface area contributed by atoms with Gasteiger partial charge in [-0.25, -0.2) is 0 Å². The lowest BCUT2D eigenvalue weighted by Crippen LogP contribution is -2.44. The molecule has 2 aliphatic rings. The van der Waals surface area contributed by atoms with Crippen LogP contribution in [0.25, 0.3) is 0 Å². The van der Waals surface area contributed by atoms with Crippen LogP contribution in [0.4, 0.5) is 0 Å². The zero-order valence-electron chi connectivity index (χ0n) is 10.6. The Bertz CT molecular complexity index is 309. The van der Waals surface area contributed by atoms with Crippen LogP contribution in [0.15, 0.2) is 12.7 Å². The van der Waals surface area contributed by atoms with Gasteiger partial charge < -0.3 is 10.0 Å². The predicted molar refractivity (Wildman–Crippen MR) is 66.9 cm³/mol. The fourth-order valence-electron chi connectivity index (χ4n) is 3.30. The van der Waals surface area contributed by atoms with E-state index in [1.54, 1.807) is 0 Å². The molecule has 4 heteroatoms. The second-order valence-electron chi connectivity index (χ2n) is 5.54. The van der Waals surface area contributed by atoms with Crippen molar-refractivity contribution < 1.29 is 9.90 Å². The molecular weight excluding hydrogens is 216 g/mol. The van der Waals surface area contributed by atoms with E-state index in [-0.39, 0.29) is 11.3 Å². The molecule has 96 valence electrons. The van der Waals surface area contributed by atoms with E-state index in [1.807, 2.05) is 6.08 Å². The summed E-state index contributed by atoms with van der Waals surface area (Å²) in [4.78, 5) is 16.0. The lowest BCUT2D eigenvalue weighted by atomic mass is 9.71. The van der Waals surface area contributed by atoms with Crippen LogP contribution >= 0.6 is 0 Å². The molecular formula is C13H22N2O2. The molecule has 1 N–H and O–H groups in total. The van der Waals surface area contributed by atoms with Crippen molar-refractivity contribution in [2.45, 2.75) is 12.8 Å². The number of carbonyl (C=O) groups is 1. The zero-order chi connectivity index (χ0) is 12.5. The summed E-state index contributed by atoms with van der Waals surface area (Å²) in [6.07, 6.45) is 3.88. The van der Waals surface area contributed by atoms with Crippen molar-refractivity contribution in [2.75, 3.05) is 39.8 Å². The van der Waals surface area contributed by atoms with Crippen molar-refractivity contribution in [3.8, 4) is 0 Å². The van der Waals surface area contributed by atoms with Crippen molar-refractivity contribution in [2.24, 2.45) is 11.3 Å². The Hall–Kier alpha value is -0.870. The van der Waals surface area contributed by atoms with E-state index in [0.717, 1.165) is 39.0 Å². The van der Waals surface area contributed by atoms with E-state index in [4.69, 9.17) is 0 Å². The third kappa shape index (κ3) is 2.38. The summed E-state index contributed by atoms with van der Waals surface area (Å²) in [5.74, 6) is -0.822. The van der Waals surface area contributed by atoms with E-state index in [9.17, 15) is 9.90 Å². The molecule has 0 aromatic rings. The summed E-state index contributed by atoms with van der Waals surface area (Å²) in [6, 6.07) is 0. The van der Waals surface area contributed by atoms with Gasteiger partial charge in [0, 0.05) is 25.0 Å². The van der Waals surface area contributed by atoms with Gasteiger partial charge in [0.1, 0.15) is 0 Å². The summed E-state index contributed by atoms with van der Waals surface area (Å²) >= 11 is 0. The van der Waals surface area contributed by atoms with Gasteiger partial charge in [-0.15, -0.1) is 6.58 Å². The van der Waals surface area contributed by atoms with Crippen LogP contribution in [-0.4, -0.2) is 60.6 Å². The molecule has 1 spiro atoms. The molecule has 2 saturated heterocycles. The normalized spacial score (nSPS) is 29.6. The molecule has 0 aromatic carbocycles. The number of nitrogens with zero attached hydrogens (tertiary/aromatic N) is 2. The van der Waals surface area contributed by atoms with Crippen molar-refractivity contribution in [3.63, 3.8) is 0 Å². The van der Waals surface area contributed by atoms with Gasteiger partial charge in [0.25, 0.3) is 0 Å². The Kier molecular flexibility index (Phi) is 3.54. The third-order valence-corrected chi connectivity index (χ3v) is 4.39. The maximum Gasteiger partial charge on any atom is 0.308 e. The summed E-state index contributed by atoms with van der Waals surface area (Å²) in [5, 5.41) is 9.42. The molecule has 1 atom stereocenters. The minimum absolute atomic E-state index is 0.00134. The standard InChI is InChI=1S/C13H22N2O2/c1-3-6-15-9-11(12(16)17)13(10-15)4-7-14(2)8-5-13/h3,11H,1,4-10H2,2H3,(H,16,17). The first-order valence-electron chi connectivity index (χ1n) is 6.32. The van der Waals surface area contributed by atoms with Crippen LogP contribution in [0.3, 0.4) is 0 Å². The molecule has 0 saturated carbocycles. The van der Waals surface area contributed by atoms with Crippen LogP contribution in [0.2, 0.25) is 0 Å². The van der Waals surface area contributed by atoms with Gasteiger partial charge in [0.15, 0.2) is 0 Å². The Morgan fingerprint density at radius 1 is 1.53 bits per heavy atom. The van der Waals surface area contributed by atoms with Crippen LogP contribution in [0.1, 0.15) is 12.8 Å². The maximum absolute atomic E-state index is 11.4. The molecule has 4 nitrogen and oxygen atoms in total. The summed E-state index contributed by atoms with van der Waals surface area (Å²) < 4.78 is 0. The highest BCUT2D eigenvalue weighted by molar-refractivity contribution is 5.72. The smallest absolute Gasteiger partial charge is 0.308 e. The predicted octanol–water partition coefficient (Wildman–Crippen LogP) is 0.901. The lowest BCUT2D eigenvalue weighted by molar-refractivity contribution is -0.145. The van der Waals surface area contributed by atoms with Gasteiger partial charge >= 0.3 is 5.97 Å². The average Bonchev–Trinajstić information content (AvgIpc) is 2.63. The average molecular weight is 238 g/mol. The highest BCUT2D eigenvalue weighted by atomic mass is 16.4. The number of carboxylic acids is 1. The first-order chi connectivity index (χ1) is 8.07. The first kappa shape index (κ1) is 12.6. The summed E-state index contributed by atoms with van der Waals surface area (Å²) in [7, 11) is 2.11. The minimum Gasteiger partial charge on any atom is -0.481 e. The molecule has 2 rings (SSSR count). The summed E-state index contributed by atoms with van der Waals surface area (Å²) in [6.45, 7) is 8.19. The summed E-state index contributed by atoms with van der Waals surface area (Å²) in [5.41, 5.74) is 0.00134. The Labute approximate surface area is 103 Å². The van der Waals surface area contributed by atoms with Gasteiger partial charge in [-0.3, -0.25) is 9.69 Å². The molecule has 0 amide bonds. The molecule has 2 fully saturated rings. The van der Waals surface area contributed by atoms with Gasteiger partial charge in [-0.2, -0.15) is 0 Å². The SMILES string of the molecule is C=CCN1CC(C(=O)O)C2(CCN(C)CC2)C1. The number of likely N-dealkylation sites (tertiary alicyclic amines) is 2. The van der Waals surface area contributed by atoms with Crippen LogP contribution in [0.5, 0.6) is 0 Å². The molecule has 2 aliphatic heterocycles. The number of piperidine rings is 1. The second kappa shape index (κ2) is 4.78. The second-order valence-corrected chi connectivity index (χ2v) is 5.54. The first-order valence-corrected chi connectivity index (χ1v) is 6.32. The van der Waals surface area contributed by atoms with Crippen molar-refractivity contribution in [1.29, 1.82) is 0 Å². The fraction of sp³-hybridized carbons (Fsp3) is 0.769. The van der Waals surface area contributed by atoms with Crippen molar-refractivity contribution in [1.82, 2.24) is 9.80 Å². The number of carboxylic acid groups (broad SMARTS) is 1. The van der Waals surface area contributed by atoms with Gasteiger partial charge in [-0.05, 0) is 33.0 Å². The highest BCUT2D eigenvalue weighted by Crippen LogP contribution is 2.44. The minimum atomic E-state index is -0.624. The number of hydrogen-bond donors (Lipinski definition) is 1.